The van der Waals surface area contributed by atoms with Gasteiger partial charge in [0.2, 0.25) is 0 Å². The Morgan fingerprint density at radius 1 is 1.61 bits per heavy atom. The van der Waals surface area contributed by atoms with Crippen molar-refractivity contribution in [2.45, 2.75) is 25.4 Å². The largest absolute Gasteiger partial charge is 0.373 e. The summed E-state index contributed by atoms with van der Waals surface area (Å²) in [4.78, 5) is 12.0. The molecule has 2 rings (SSSR count). The molecule has 1 amide bonds. The van der Waals surface area contributed by atoms with Crippen LogP contribution in [-0.4, -0.2) is 24.7 Å². The second-order valence-electron chi connectivity index (χ2n) is 4.71. The highest BCUT2D eigenvalue weighted by molar-refractivity contribution is 9.10. The molecule has 1 unspecified atom stereocenters. The third-order valence-electron chi connectivity index (χ3n) is 3.10. The SMILES string of the molecule is CC1(CNC(=O)c2ccc(Cl)cc2Br)CCCO1. The molecule has 1 N–H and O–H groups in total. The van der Waals surface area contributed by atoms with Crippen molar-refractivity contribution in [3.63, 3.8) is 0 Å². The van der Waals surface area contributed by atoms with Gasteiger partial charge in [-0.15, -0.1) is 0 Å². The summed E-state index contributed by atoms with van der Waals surface area (Å²) in [5, 5.41) is 3.51. The first kappa shape index (κ1) is 13.8. The lowest BCUT2D eigenvalue weighted by Gasteiger charge is -2.23. The number of nitrogens with one attached hydrogen (secondary N) is 1. The van der Waals surface area contributed by atoms with E-state index in [4.69, 9.17) is 16.3 Å². The Kier molecular flexibility index (Phi) is 4.30. The Morgan fingerprint density at radius 3 is 3.00 bits per heavy atom. The van der Waals surface area contributed by atoms with Crippen molar-refractivity contribution in [3.8, 4) is 0 Å². The first-order valence-electron chi connectivity index (χ1n) is 5.87. The number of hydrogen-bond donors (Lipinski definition) is 1. The fourth-order valence-corrected chi connectivity index (χ4v) is 2.88. The van der Waals surface area contributed by atoms with Crippen LogP contribution < -0.4 is 5.32 Å². The zero-order chi connectivity index (χ0) is 13.2. The molecule has 0 bridgehead atoms. The molecule has 18 heavy (non-hydrogen) atoms. The molecular formula is C13H15BrClNO2. The van der Waals surface area contributed by atoms with E-state index in [2.05, 4.69) is 21.2 Å². The average Bonchev–Trinajstić information content (AvgIpc) is 2.74. The molecule has 0 saturated carbocycles. The van der Waals surface area contributed by atoms with Gasteiger partial charge in [-0.3, -0.25) is 4.79 Å². The van der Waals surface area contributed by atoms with Gasteiger partial charge in [0.05, 0.1) is 11.2 Å². The maximum absolute atomic E-state index is 12.0. The number of carbonyl (C=O) groups excluding carboxylic acids is 1. The van der Waals surface area contributed by atoms with E-state index in [-0.39, 0.29) is 11.5 Å². The summed E-state index contributed by atoms with van der Waals surface area (Å²) in [6, 6.07) is 5.12. The lowest BCUT2D eigenvalue weighted by molar-refractivity contribution is 0.0206. The van der Waals surface area contributed by atoms with E-state index >= 15 is 0 Å². The molecule has 1 aliphatic heterocycles. The topological polar surface area (TPSA) is 38.3 Å². The summed E-state index contributed by atoms with van der Waals surface area (Å²) in [6.45, 7) is 3.33. The molecule has 3 nitrogen and oxygen atoms in total. The van der Waals surface area contributed by atoms with Crippen molar-refractivity contribution in [1.29, 1.82) is 0 Å². The Bertz CT molecular complexity index is 458. The number of halogens is 2. The molecule has 0 aromatic heterocycles. The third kappa shape index (κ3) is 3.25. The van der Waals surface area contributed by atoms with Crippen LogP contribution in [0, 0.1) is 0 Å². The molecule has 0 aliphatic carbocycles. The van der Waals surface area contributed by atoms with Gasteiger partial charge < -0.3 is 10.1 Å². The first-order chi connectivity index (χ1) is 8.50. The van der Waals surface area contributed by atoms with E-state index < -0.39 is 0 Å². The molecule has 0 radical (unpaired) electrons. The highest BCUT2D eigenvalue weighted by Crippen LogP contribution is 2.25. The van der Waals surface area contributed by atoms with Crippen LogP contribution in [-0.2, 0) is 4.74 Å². The molecule has 0 spiro atoms. The van der Waals surface area contributed by atoms with Crippen LogP contribution in [0.3, 0.4) is 0 Å². The van der Waals surface area contributed by atoms with E-state index in [9.17, 15) is 4.79 Å². The Balaban J connectivity index is 1.99. The normalized spacial score (nSPS) is 23.1. The third-order valence-corrected chi connectivity index (χ3v) is 3.99. The highest BCUT2D eigenvalue weighted by Gasteiger charge is 2.30. The van der Waals surface area contributed by atoms with E-state index in [0.717, 1.165) is 19.4 Å². The Morgan fingerprint density at radius 2 is 2.39 bits per heavy atom. The fraction of sp³-hybridized carbons (Fsp3) is 0.462. The van der Waals surface area contributed by atoms with Crippen LogP contribution in [0.1, 0.15) is 30.1 Å². The maximum atomic E-state index is 12.0. The van der Waals surface area contributed by atoms with Crippen LogP contribution in [0.25, 0.3) is 0 Å². The van der Waals surface area contributed by atoms with Crippen LogP contribution >= 0.6 is 27.5 Å². The maximum Gasteiger partial charge on any atom is 0.252 e. The van der Waals surface area contributed by atoms with Gasteiger partial charge in [0.15, 0.2) is 0 Å². The summed E-state index contributed by atoms with van der Waals surface area (Å²) < 4.78 is 6.33. The van der Waals surface area contributed by atoms with Gasteiger partial charge >= 0.3 is 0 Å². The highest BCUT2D eigenvalue weighted by atomic mass is 79.9. The van der Waals surface area contributed by atoms with Crippen molar-refractivity contribution in [1.82, 2.24) is 5.32 Å². The smallest absolute Gasteiger partial charge is 0.252 e. The van der Waals surface area contributed by atoms with E-state index in [1.165, 1.54) is 0 Å². The molecule has 98 valence electrons. The molecule has 1 saturated heterocycles. The van der Waals surface area contributed by atoms with E-state index in [1.807, 2.05) is 6.92 Å². The van der Waals surface area contributed by atoms with Crippen LogP contribution in [0.2, 0.25) is 5.02 Å². The molecule has 1 aliphatic rings. The molecule has 5 heteroatoms. The summed E-state index contributed by atoms with van der Waals surface area (Å²) >= 11 is 9.18. The van der Waals surface area contributed by atoms with Gasteiger partial charge in [0, 0.05) is 22.6 Å². The number of carbonyl (C=O) groups is 1. The van der Waals surface area contributed by atoms with E-state index in [1.54, 1.807) is 18.2 Å². The second-order valence-corrected chi connectivity index (χ2v) is 6.00. The Hall–Kier alpha value is -0.580. The minimum Gasteiger partial charge on any atom is -0.373 e. The van der Waals surface area contributed by atoms with Crippen LogP contribution in [0.5, 0.6) is 0 Å². The predicted octanol–water partition coefficient (Wildman–Crippen LogP) is 3.40. The van der Waals surface area contributed by atoms with Crippen molar-refractivity contribution in [2.24, 2.45) is 0 Å². The standard InChI is InChI=1S/C13H15BrClNO2/c1-13(5-2-6-18-13)8-16-12(17)10-4-3-9(15)7-11(10)14/h3-4,7H,2,5-6,8H2,1H3,(H,16,17). The van der Waals surface area contributed by atoms with Gasteiger partial charge in [0.25, 0.3) is 5.91 Å². The average molecular weight is 333 g/mol. The summed E-state index contributed by atoms with van der Waals surface area (Å²) in [6.07, 6.45) is 2.03. The molecule has 1 fully saturated rings. The van der Waals surface area contributed by atoms with Gasteiger partial charge in [-0.05, 0) is 53.9 Å². The van der Waals surface area contributed by atoms with Crippen molar-refractivity contribution < 1.29 is 9.53 Å². The monoisotopic (exact) mass is 331 g/mol. The van der Waals surface area contributed by atoms with Gasteiger partial charge in [0.1, 0.15) is 0 Å². The molecular weight excluding hydrogens is 318 g/mol. The molecule has 1 aromatic rings. The summed E-state index contributed by atoms with van der Waals surface area (Å²) in [5.74, 6) is -0.115. The fourth-order valence-electron chi connectivity index (χ4n) is 2.01. The number of amides is 1. The minimum atomic E-state index is -0.228. The number of rotatable bonds is 3. The Labute approximate surface area is 120 Å². The van der Waals surface area contributed by atoms with Crippen molar-refractivity contribution in [3.05, 3.63) is 33.3 Å². The van der Waals surface area contributed by atoms with Crippen LogP contribution in [0.15, 0.2) is 22.7 Å². The zero-order valence-electron chi connectivity index (χ0n) is 10.1. The number of hydrogen-bond acceptors (Lipinski definition) is 2. The van der Waals surface area contributed by atoms with Crippen molar-refractivity contribution in [2.75, 3.05) is 13.2 Å². The lowest BCUT2D eigenvalue weighted by atomic mass is 10.0. The minimum absolute atomic E-state index is 0.115. The van der Waals surface area contributed by atoms with Gasteiger partial charge in [-0.2, -0.15) is 0 Å². The lowest BCUT2D eigenvalue weighted by Crippen LogP contribution is -2.40. The van der Waals surface area contributed by atoms with Gasteiger partial charge in [-0.1, -0.05) is 11.6 Å². The van der Waals surface area contributed by atoms with Crippen LogP contribution in [0.4, 0.5) is 0 Å². The quantitative estimate of drug-likeness (QED) is 0.921. The predicted molar refractivity (Wildman–Crippen MR) is 75.1 cm³/mol. The summed E-state index contributed by atoms with van der Waals surface area (Å²) in [5.41, 5.74) is 0.357. The molecule has 1 heterocycles. The number of ether oxygens (including phenoxy) is 1. The zero-order valence-corrected chi connectivity index (χ0v) is 12.5. The number of benzene rings is 1. The molecule has 1 atom stereocenters. The summed E-state index contributed by atoms with van der Waals surface area (Å²) in [7, 11) is 0. The first-order valence-corrected chi connectivity index (χ1v) is 7.04. The molecule has 1 aromatic carbocycles. The van der Waals surface area contributed by atoms with Crippen molar-refractivity contribution >= 4 is 33.4 Å². The van der Waals surface area contributed by atoms with E-state index in [0.29, 0.717) is 21.6 Å². The second kappa shape index (κ2) is 5.59. The van der Waals surface area contributed by atoms with Gasteiger partial charge in [-0.25, -0.2) is 0 Å².